The number of anilines is 2. The van der Waals surface area contributed by atoms with Crippen LogP contribution in [0.2, 0.25) is 0 Å². The van der Waals surface area contributed by atoms with Gasteiger partial charge in [0.05, 0.1) is 16.8 Å². The molecule has 0 aliphatic carbocycles. The van der Waals surface area contributed by atoms with E-state index in [1.54, 1.807) is 23.1 Å². The molecule has 6 aromatic rings. The molecule has 5 aromatic carbocycles. The Morgan fingerprint density at radius 1 is 0.707 bits per heavy atom. The second kappa shape index (κ2) is 11.2. The summed E-state index contributed by atoms with van der Waals surface area (Å²) in [4.78, 5) is 27.9. The number of ether oxygens (including phenoxy) is 1. The van der Waals surface area contributed by atoms with E-state index in [9.17, 15) is 14.7 Å². The van der Waals surface area contributed by atoms with Crippen molar-refractivity contribution in [3.63, 3.8) is 0 Å². The smallest absolute Gasteiger partial charge is 0.337 e. The van der Waals surface area contributed by atoms with E-state index < -0.39 is 5.97 Å². The first kappa shape index (κ1) is 25.6. The monoisotopic (exact) mass is 539 g/mol. The first-order valence-corrected chi connectivity index (χ1v) is 13.1. The van der Waals surface area contributed by atoms with Crippen molar-refractivity contribution in [2.24, 2.45) is 0 Å². The topological polar surface area (TPSA) is 84.7 Å². The van der Waals surface area contributed by atoms with Gasteiger partial charge in [-0.25, -0.2) is 9.48 Å². The first-order chi connectivity index (χ1) is 20.1. The van der Waals surface area contributed by atoms with Crippen LogP contribution >= 0.6 is 0 Å². The van der Waals surface area contributed by atoms with Crippen LogP contribution in [0.25, 0.3) is 16.6 Å². The Kier molecular flexibility index (Phi) is 6.99. The first-order valence-electron chi connectivity index (χ1n) is 13.1. The van der Waals surface area contributed by atoms with E-state index >= 15 is 0 Å². The molecule has 7 nitrogen and oxygen atoms in total. The Balaban J connectivity index is 1.40. The molecular formula is C34H25N3O4. The fourth-order valence-corrected chi connectivity index (χ4v) is 4.75. The second-order valence-corrected chi connectivity index (χ2v) is 9.34. The maximum atomic E-state index is 14.3. The van der Waals surface area contributed by atoms with Crippen LogP contribution in [0.3, 0.4) is 0 Å². The molecule has 0 spiro atoms. The van der Waals surface area contributed by atoms with Crippen LogP contribution in [0.4, 0.5) is 11.4 Å². The van der Waals surface area contributed by atoms with Crippen LogP contribution in [0.5, 0.6) is 5.75 Å². The lowest BCUT2D eigenvalue weighted by molar-refractivity contribution is 0.0696. The number of hydrogen-bond donors (Lipinski definition) is 1. The molecule has 1 aromatic heterocycles. The van der Waals surface area contributed by atoms with E-state index in [0.29, 0.717) is 40.3 Å². The van der Waals surface area contributed by atoms with Crippen molar-refractivity contribution in [1.29, 1.82) is 0 Å². The zero-order valence-electron chi connectivity index (χ0n) is 21.9. The maximum Gasteiger partial charge on any atom is 0.337 e. The quantitative estimate of drug-likeness (QED) is 0.220. The molecule has 41 heavy (non-hydrogen) atoms. The largest absolute Gasteiger partial charge is 0.489 e. The Labute approximate surface area is 236 Å². The fraction of sp³-hybridized carbons (Fsp3) is 0.0294. The van der Waals surface area contributed by atoms with Gasteiger partial charge in [-0.15, -0.1) is 0 Å². The summed E-state index contributed by atoms with van der Waals surface area (Å²) in [5, 5.41) is 15.1. The molecule has 6 rings (SSSR count). The maximum absolute atomic E-state index is 14.3. The minimum absolute atomic E-state index is 0.0887. The summed E-state index contributed by atoms with van der Waals surface area (Å²) in [7, 11) is 0. The third kappa shape index (κ3) is 5.16. The predicted molar refractivity (Wildman–Crippen MR) is 158 cm³/mol. The van der Waals surface area contributed by atoms with Crippen molar-refractivity contribution in [3.05, 3.63) is 150 Å². The number of benzene rings is 5. The fourth-order valence-electron chi connectivity index (χ4n) is 4.75. The third-order valence-electron chi connectivity index (χ3n) is 6.71. The number of amides is 1. The minimum Gasteiger partial charge on any atom is -0.489 e. The van der Waals surface area contributed by atoms with Crippen LogP contribution in [-0.2, 0) is 6.61 Å². The van der Waals surface area contributed by atoms with Crippen LogP contribution in [-0.4, -0.2) is 26.8 Å². The van der Waals surface area contributed by atoms with E-state index in [4.69, 9.17) is 9.84 Å². The van der Waals surface area contributed by atoms with Gasteiger partial charge in [0.1, 0.15) is 12.4 Å². The molecule has 1 amide bonds. The van der Waals surface area contributed by atoms with Gasteiger partial charge in [-0.2, -0.15) is 5.10 Å². The molecule has 0 bridgehead atoms. The average molecular weight is 540 g/mol. The Hall–Kier alpha value is -5.69. The van der Waals surface area contributed by atoms with Crippen molar-refractivity contribution in [1.82, 2.24) is 9.78 Å². The van der Waals surface area contributed by atoms with Crippen LogP contribution in [0.1, 0.15) is 26.4 Å². The number of aromatic carboxylic acids is 1. The summed E-state index contributed by atoms with van der Waals surface area (Å²) in [6.07, 6.45) is 0. The van der Waals surface area contributed by atoms with Crippen molar-refractivity contribution in [3.8, 4) is 11.4 Å². The Morgan fingerprint density at radius 2 is 1.32 bits per heavy atom. The van der Waals surface area contributed by atoms with E-state index in [-0.39, 0.29) is 17.2 Å². The molecular weight excluding hydrogens is 514 g/mol. The molecule has 0 fully saturated rings. The predicted octanol–water partition coefficient (Wildman–Crippen LogP) is 7.28. The van der Waals surface area contributed by atoms with Gasteiger partial charge in [-0.05, 0) is 60.2 Å². The van der Waals surface area contributed by atoms with E-state index in [2.05, 4.69) is 0 Å². The van der Waals surface area contributed by atoms with Crippen LogP contribution in [0.15, 0.2) is 133 Å². The van der Waals surface area contributed by atoms with Gasteiger partial charge < -0.3 is 9.84 Å². The molecule has 0 aliphatic heterocycles. The van der Waals surface area contributed by atoms with Gasteiger partial charge in [-0.3, -0.25) is 9.69 Å². The molecule has 7 heteroatoms. The molecule has 0 saturated heterocycles. The number of rotatable bonds is 8. The molecule has 0 atom stereocenters. The third-order valence-corrected chi connectivity index (χ3v) is 6.71. The molecule has 1 heterocycles. The number of carbonyl (C=O) groups is 2. The van der Waals surface area contributed by atoms with Gasteiger partial charge in [0.25, 0.3) is 5.91 Å². The number of carboxylic acid groups (broad SMARTS) is 1. The summed E-state index contributed by atoms with van der Waals surface area (Å²) in [5.41, 5.74) is 3.66. The zero-order chi connectivity index (χ0) is 28.2. The number of fused-ring (bicyclic) bond motifs is 1. The van der Waals surface area contributed by atoms with E-state index in [1.807, 2.05) is 109 Å². The van der Waals surface area contributed by atoms with Crippen LogP contribution < -0.4 is 9.64 Å². The molecule has 200 valence electrons. The number of para-hydroxylation sites is 3. The molecule has 0 aliphatic rings. The lowest BCUT2D eigenvalue weighted by Crippen LogP contribution is -2.26. The van der Waals surface area contributed by atoms with Gasteiger partial charge >= 0.3 is 5.97 Å². The lowest BCUT2D eigenvalue weighted by atomic mass is 10.1. The Morgan fingerprint density at radius 3 is 2.05 bits per heavy atom. The van der Waals surface area contributed by atoms with Gasteiger partial charge in [-0.1, -0.05) is 78.9 Å². The lowest BCUT2D eigenvalue weighted by Gasteiger charge is -2.22. The van der Waals surface area contributed by atoms with E-state index in [0.717, 1.165) is 5.56 Å². The number of hydrogen-bond acceptors (Lipinski definition) is 4. The van der Waals surface area contributed by atoms with Crippen molar-refractivity contribution in [2.75, 3.05) is 4.90 Å². The summed E-state index contributed by atoms with van der Waals surface area (Å²) in [6, 6.07) is 40.5. The van der Waals surface area contributed by atoms with Crippen molar-refractivity contribution >= 4 is 34.2 Å². The number of carbonyl (C=O) groups excluding carboxylic acids is 1. The standard InChI is InChI=1S/C34H25N3O4/c38-33(32-28-15-7-9-17-30(28)37(35-32)31-18-10-8-16-29(31)34(39)40)36(25-13-5-2-6-14-25)26-19-21-27(22-20-26)41-23-24-11-3-1-4-12-24/h1-22H,23H2,(H,39,40). The van der Waals surface area contributed by atoms with Crippen molar-refractivity contribution in [2.45, 2.75) is 6.61 Å². The van der Waals surface area contributed by atoms with Crippen molar-refractivity contribution < 1.29 is 19.4 Å². The van der Waals surface area contributed by atoms with Gasteiger partial charge in [0, 0.05) is 16.8 Å². The van der Waals surface area contributed by atoms with Crippen LogP contribution in [0, 0.1) is 0 Å². The zero-order valence-corrected chi connectivity index (χ0v) is 21.9. The second-order valence-electron chi connectivity index (χ2n) is 9.34. The summed E-state index contributed by atoms with van der Waals surface area (Å²) >= 11 is 0. The summed E-state index contributed by atoms with van der Waals surface area (Å²) in [6.45, 7) is 0.433. The minimum atomic E-state index is -1.08. The normalized spacial score (nSPS) is 10.8. The highest BCUT2D eigenvalue weighted by Crippen LogP contribution is 2.32. The number of carboxylic acids is 1. The molecule has 0 saturated carbocycles. The van der Waals surface area contributed by atoms with Gasteiger partial charge in [0.2, 0.25) is 0 Å². The summed E-state index contributed by atoms with van der Waals surface area (Å²) in [5.74, 6) is -0.747. The molecule has 0 unspecified atom stereocenters. The SMILES string of the molecule is O=C(O)c1ccccc1-n1nc(C(=O)N(c2ccccc2)c2ccc(OCc3ccccc3)cc2)c2ccccc21. The molecule has 1 N–H and O–H groups in total. The van der Waals surface area contributed by atoms with Gasteiger partial charge in [0.15, 0.2) is 5.69 Å². The number of aromatic nitrogens is 2. The summed E-state index contributed by atoms with van der Waals surface area (Å²) < 4.78 is 7.47. The highest BCUT2D eigenvalue weighted by molar-refractivity contribution is 6.16. The average Bonchev–Trinajstić information content (AvgIpc) is 3.41. The number of nitrogens with zero attached hydrogens (tertiary/aromatic N) is 3. The molecule has 0 radical (unpaired) electrons. The van der Waals surface area contributed by atoms with E-state index in [1.165, 1.54) is 10.7 Å². The highest BCUT2D eigenvalue weighted by atomic mass is 16.5. The Bertz CT molecular complexity index is 1830. The highest BCUT2D eigenvalue weighted by Gasteiger charge is 2.26.